The Morgan fingerprint density at radius 1 is 1.00 bits per heavy atom. The van der Waals surface area contributed by atoms with Gasteiger partial charge < -0.3 is 5.73 Å². The van der Waals surface area contributed by atoms with Gasteiger partial charge in [0, 0.05) is 21.3 Å². The first-order valence-electron chi connectivity index (χ1n) is 4.48. The molecule has 0 saturated carbocycles. The molecule has 2 aromatic carbocycles. The third-order valence-corrected chi connectivity index (χ3v) is 2.67. The minimum Gasteiger partial charge on any atom is -0.398 e. The molecule has 0 amide bonds. The third-order valence-electron chi connectivity index (χ3n) is 2.18. The normalized spacial score (nSPS) is 10.3. The van der Waals surface area contributed by atoms with E-state index in [1.54, 1.807) is 30.3 Å². The van der Waals surface area contributed by atoms with Gasteiger partial charge in [0.2, 0.25) is 0 Å². The van der Waals surface area contributed by atoms with Crippen LogP contribution in [0.25, 0.3) is 11.1 Å². The van der Waals surface area contributed by atoms with Gasteiger partial charge in [-0.05, 0) is 18.2 Å². The van der Waals surface area contributed by atoms with Crippen molar-refractivity contribution in [1.29, 1.82) is 0 Å². The van der Waals surface area contributed by atoms with Crippen molar-refractivity contribution < 1.29 is 4.39 Å². The predicted octanol–water partition coefficient (Wildman–Crippen LogP) is 3.84. The maximum absolute atomic E-state index is 13.5. The van der Waals surface area contributed by atoms with Gasteiger partial charge >= 0.3 is 0 Å². The molecule has 0 saturated heterocycles. The van der Waals surface area contributed by atoms with E-state index < -0.39 is 0 Å². The van der Waals surface area contributed by atoms with Gasteiger partial charge in [-0.3, -0.25) is 0 Å². The molecule has 0 aromatic heterocycles. The van der Waals surface area contributed by atoms with Crippen LogP contribution in [0, 0.1) is 5.82 Å². The first-order chi connectivity index (χ1) is 7.18. The van der Waals surface area contributed by atoms with Crippen LogP contribution in [0.2, 0.25) is 0 Å². The summed E-state index contributed by atoms with van der Waals surface area (Å²) < 4.78 is 14.4. The number of hydrogen-bond acceptors (Lipinski definition) is 1. The van der Waals surface area contributed by atoms with Crippen LogP contribution in [0.1, 0.15) is 0 Å². The highest BCUT2D eigenvalue weighted by Gasteiger charge is 2.07. The summed E-state index contributed by atoms with van der Waals surface area (Å²) in [6, 6.07) is 12.0. The number of halogens is 2. The molecule has 0 aliphatic rings. The summed E-state index contributed by atoms with van der Waals surface area (Å²) in [5, 5.41) is 0. The van der Waals surface area contributed by atoms with Gasteiger partial charge in [-0.25, -0.2) is 4.39 Å². The molecule has 0 radical (unpaired) electrons. The summed E-state index contributed by atoms with van der Waals surface area (Å²) in [6.07, 6.45) is 0. The van der Waals surface area contributed by atoms with Crippen molar-refractivity contribution in [1.82, 2.24) is 0 Å². The van der Waals surface area contributed by atoms with Crippen molar-refractivity contribution >= 4 is 21.6 Å². The van der Waals surface area contributed by atoms with Crippen LogP contribution in [0.4, 0.5) is 10.1 Å². The van der Waals surface area contributed by atoms with Crippen LogP contribution in [-0.2, 0) is 0 Å². The van der Waals surface area contributed by atoms with Gasteiger partial charge in [-0.1, -0.05) is 40.2 Å². The number of hydrogen-bond donors (Lipinski definition) is 1. The Morgan fingerprint density at radius 2 is 1.73 bits per heavy atom. The van der Waals surface area contributed by atoms with Crippen molar-refractivity contribution in [2.24, 2.45) is 0 Å². The van der Waals surface area contributed by atoms with Gasteiger partial charge in [0.05, 0.1) is 0 Å². The maximum Gasteiger partial charge on any atom is 0.131 e. The number of anilines is 1. The van der Waals surface area contributed by atoms with Crippen molar-refractivity contribution in [3.05, 3.63) is 52.8 Å². The fourth-order valence-corrected chi connectivity index (χ4v) is 1.84. The summed E-state index contributed by atoms with van der Waals surface area (Å²) in [5.74, 6) is -0.258. The molecule has 0 aliphatic heterocycles. The van der Waals surface area contributed by atoms with E-state index in [0.29, 0.717) is 11.3 Å². The van der Waals surface area contributed by atoms with Gasteiger partial charge in [0.15, 0.2) is 0 Å². The standard InChI is InChI=1S/C12H9BrFN/c13-8-5-6-10(12(15)7-8)9-3-1-2-4-11(9)14/h1-7H,15H2. The van der Waals surface area contributed by atoms with Crippen LogP contribution in [0.15, 0.2) is 46.9 Å². The van der Waals surface area contributed by atoms with E-state index in [2.05, 4.69) is 15.9 Å². The third kappa shape index (κ3) is 2.02. The highest BCUT2D eigenvalue weighted by molar-refractivity contribution is 9.10. The van der Waals surface area contributed by atoms with Crippen molar-refractivity contribution in [2.75, 3.05) is 5.73 Å². The predicted molar refractivity (Wildman–Crippen MR) is 63.9 cm³/mol. The van der Waals surface area contributed by atoms with E-state index in [1.807, 2.05) is 6.07 Å². The molecule has 0 fully saturated rings. The number of nitrogen functional groups attached to an aromatic ring is 1. The van der Waals surface area contributed by atoms with Gasteiger partial charge in [-0.15, -0.1) is 0 Å². The van der Waals surface area contributed by atoms with Gasteiger partial charge in [0.1, 0.15) is 5.82 Å². The summed E-state index contributed by atoms with van der Waals surface area (Å²) in [6.45, 7) is 0. The van der Waals surface area contributed by atoms with E-state index >= 15 is 0 Å². The smallest absolute Gasteiger partial charge is 0.131 e. The first kappa shape index (κ1) is 10.2. The summed E-state index contributed by atoms with van der Waals surface area (Å²) in [7, 11) is 0. The van der Waals surface area contributed by atoms with E-state index in [-0.39, 0.29) is 5.82 Å². The number of nitrogens with two attached hydrogens (primary N) is 1. The second kappa shape index (κ2) is 4.03. The lowest BCUT2D eigenvalue weighted by Gasteiger charge is -2.07. The second-order valence-corrected chi connectivity index (χ2v) is 4.13. The summed E-state index contributed by atoms with van der Waals surface area (Å²) in [5.41, 5.74) is 7.64. The van der Waals surface area contributed by atoms with Crippen molar-refractivity contribution in [3.63, 3.8) is 0 Å². The maximum atomic E-state index is 13.5. The van der Waals surface area contributed by atoms with Crippen LogP contribution < -0.4 is 5.73 Å². The Labute approximate surface area is 95.9 Å². The Kier molecular flexibility index (Phi) is 2.73. The van der Waals surface area contributed by atoms with Gasteiger partial charge in [0.25, 0.3) is 0 Å². The van der Waals surface area contributed by atoms with E-state index in [9.17, 15) is 4.39 Å². The second-order valence-electron chi connectivity index (χ2n) is 3.21. The molecule has 1 nitrogen and oxygen atoms in total. The minimum absolute atomic E-state index is 0.258. The molecule has 0 unspecified atom stereocenters. The zero-order valence-electron chi connectivity index (χ0n) is 7.87. The summed E-state index contributed by atoms with van der Waals surface area (Å²) >= 11 is 3.31. The Balaban J connectivity index is 2.60. The quantitative estimate of drug-likeness (QED) is 0.780. The molecule has 15 heavy (non-hydrogen) atoms. The minimum atomic E-state index is -0.258. The highest BCUT2D eigenvalue weighted by atomic mass is 79.9. The topological polar surface area (TPSA) is 26.0 Å². The molecule has 76 valence electrons. The average Bonchev–Trinajstić information content (AvgIpc) is 2.20. The van der Waals surface area contributed by atoms with Crippen molar-refractivity contribution in [3.8, 4) is 11.1 Å². The fourth-order valence-electron chi connectivity index (χ4n) is 1.46. The first-order valence-corrected chi connectivity index (χ1v) is 5.28. The molecule has 0 atom stereocenters. The molecular formula is C12H9BrFN. The average molecular weight is 266 g/mol. The molecule has 3 heteroatoms. The Bertz CT molecular complexity index is 497. The van der Waals surface area contributed by atoms with E-state index in [0.717, 1.165) is 10.0 Å². The molecule has 0 spiro atoms. The summed E-state index contributed by atoms with van der Waals surface area (Å²) in [4.78, 5) is 0. The van der Waals surface area contributed by atoms with Crippen LogP contribution in [0.3, 0.4) is 0 Å². The van der Waals surface area contributed by atoms with E-state index in [1.165, 1.54) is 6.07 Å². The lowest BCUT2D eigenvalue weighted by molar-refractivity contribution is 0.631. The van der Waals surface area contributed by atoms with E-state index in [4.69, 9.17) is 5.73 Å². The molecule has 0 bridgehead atoms. The monoisotopic (exact) mass is 265 g/mol. The molecule has 2 rings (SSSR count). The van der Waals surface area contributed by atoms with Crippen LogP contribution in [0.5, 0.6) is 0 Å². The van der Waals surface area contributed by atoms with Crippen molar-refractivity contribution in [2.45, 2.75) is 0 Å². The molecular weight excluding hydrogens is 257 g/mol. The fraction of sp³-hybridized carbons (Fsp3) is 0. The zero-order chi connectivity index (χ0) is 10.8. The molecule has 0 heterocycles. The lowest BCUT2D eigenvalue weighted by atomic mass is 10.0. The number of benzene rings is 2. The van der Waals surface area contributed by atoms with Crippen LogP contribution >= 0.6 is 15.9 Å². The zero-order valence-corrected chi connectivity index (χ0v) is 9.46. The lowest BCUT2D eigenvalue weighted by Crippen LogP contribution is -1.91. The van der Waals surface area contributed by atoms with Gasteiger partial charge in [-0.2, -0.15) is 0 Å². The van der Waals surface area contributed by atoms with Crippen LogP contribution in [-0.4, -0.2) is 0 Å². The Morgan fingerprint density at radius 3 is 2.40 bits per heavy atom. The SMILES string of the molecule is Nc1cc(Br)ccc1-c1ccccc1F. The highest BCUT2D eigenvalue weighted by Crippen LogP contribution is 2.30. The molecule has 0 aliphatic carbocycles. The molecule has 2 N–H and O–H groups in total. The largest absolute Gasteiger partial charge is 0.398 e. The number of rotatable bonds is 1. The Hall–Kier alpha value is -1.35. The molecule has 2 aromatic rings.